The van der Waals surface area contributed by atoms with E-state index in [9.17, 15) is 4.79 Å². The molecule has 2 nitrogen and oxygen atoms in total. The summed E-state index contributed by atoms with van der Waals surface area (Å²) in [5, 5.41) is 0. The first-order chi connectivity index (χ1) is 8.19. The molecule has 0 rings (SSSR count). The summed E-state index contributed by atoms with van der Waals surface area (Å²) in [6.45, 7) is 8.12. The predicted molar refractivity (Wildman–Crippen MR) is 73.4 cm³/mol. The molecular formula is C15H21NO. The van der Waals surface area contributed by atoms with Gasteiger partial charge in [-0.15, -0.1) is 0 Å². The van der Waals surface area contributed by atoms with Crippen molar-refractivity contribution in [1.82, 2.24) is 0 Å². The lowest BCUT2D eigenvalue weighted by Crippen LogP contribution is -1.94. The van der Waals surface area contributed by atoms with E-state index < -0.39 is 0 Å². The van der Waals surface area contributed by atoms with Crippen LogP contribution in [0.3, 0.4) is 0 Å². The second-order valence-electron chi connectivity index (χ2n) is 3.69. The minimum Gasteiger partial charge on any atom is -0.211 e. The van der Waals surface area contributed by atoms with E-state index in [2.05, 4.69) is 31.0 Å². The summed E-state index contributed by atoms with van der Waals surface area (Å²) < 4.78 is 0. The van der Waals surface area contributed by atoms with Crippen LogP contribution in [0.15, 0.2) is 52.7 Å². The number of allylic oxidation sites excluding steroid dienone is 7. The van der Waals surface area contributed by atoms with Gasteiger partial charge in [-0.2, -0.15) is 4.99 Å². The maximum Gasteiger partial charge on any atom is 0.240 e. The molecule has 0 N–H and O–H groups in total. The van der Waals surface area contributed by atoms with Crippen molar-refractivity contribution in [2.75, 3.05) is 0 Å². The molecule has 0 aliphatic carbocycles. The van der Waals surface area contributed by atoms with Gasteiger partial charge in [-0.05, 0) is 32.3 Å². The molecular weight excluding hydrogens is 210 g/mol. The quantitative estimate of drug-likeness (QED) is 0.380. The number of nitrogens with zero attached hydrogens (tertiary/aromatic N) is 1. The molecule has 0 aromatic carbocycles. The van der Waals surface area contributed by atoms with Crippen molar-refractivity contribution < 1.29 is 4.79 Å². The molecule has 0 aromatic rings. The van der Waals surface area contributed by atoms with E-state index in [-0.39, 0.29) is 0 Å². The van der Waals surface area contributed by atoms with Gasteiger partial charge in [0, 0.05) is 0 Å². The molecule has 0 saturated carbocycles. The average molecular weight is 231 g/mol. The smallest absolute Gasteiger partial charge is 0.211 e. The molecule has 92 valence electrons. The molecule has 0 aromatic heterocycles. The maximum absolute atomic E-state index is 10.2. The molecule has 0 aliphatic heterocycles. The Labute approximate surface area is 104 Å². The Kier molecular flexibility index (Phi) is 8.62. The monoisotopic (exact) mass is 231 g/mol. The molecule has 0 fully saturated rings. The van der Waals surface area contributed by atoms with E-state index in [0.717, 1.165) is 6.42 Å². The zero-order chi connectivity index (χ0) is 13.1. The van der Waals surface area contributed by atoms with Gasteiger partial charge in [-0.25, -0.2) is 4.79 Å². The maximum atomic E-state index is 10.2. The van der Waals surface area contributed by atoms with Gasteiger partial charge in [0.15, 0.2) is 0 Å². The molecule has 0 bridgehead atoms. The number of aliphatic imine (C=N–C) groups is 1. The molecule has 0 unspecified atom stereocenters. The first-order valence-corrected chi connectivity index (χ1v) is 5.93. The van der Waals surface area contributed by atoms with Crippen LogP contribution in [0, 0.1) is 5.92 Å². The minimum absolute atomic E-state index is 0.341. The zero-order valence-corrected chi connectivity index (χ0v) is 11.1. The van der Waals surface area contributed by atoms with Gasteiger partial charge in [0.1, 0.15) is 0 Å². The fourth-order valence-corrected chi connectivity index (χ4v) is 1.43. The lowest BCUT2D eigenvalue weighted by atomic mass is 9.97. The summed E-state index contributed by atoms with van der Waals surface area (Å²) in [5.41, 5.74) is 2.00. The van der Waals surface area contributed by atoms with Gasteiger partial charge in [-0.1, -0.05) is 49.8 Å². The molecule has 1 atom stereocenters. The molecule has 17 heavy (non-hydrogen) atoms. The van der Waals surface area contributed by atoms with Crippen molar-refractivity contribution in [3.63, 3.8) is 0 Å². The third-order valence-corrected chi connectivity index (χ3v) is 2.52. The third-order valence-electron chi connectivity index (χ3n) is 2.52. The third kappa shape index (κ3) is 6.49. The SMILES string of the molecule is C/C=C\C=C(/CC)[C@@H](C)/C=C\C(=C/C)N=C=O. The highest BCUT2D eigenvalue weighted by molar-refractivity contribution is 5.39. The molecule has 0 amide bonds. The minimum atomic E-state index is 0.341. The van der Waals surface area contributed by atoms with Crippen LogP contribution in [0.4, 0.5) is 0 Å². The van der Waals surface area contributed by atoms with E-state index >= 15 is 0 Å². The van der Waals surface area contributed by atoms with Crippen molar-refractivity contribution in [3.8, 4) is 0 Å². The van der Waals surface area contributed by atoms with Gasteiger partial charge >= 0.3 is 0 Å². The van der Waals surface area contributed by atoms with E-state index in [1.54, 1.807) is 12.2 Å². The molecule has 0 radical (unpaired) electrons. The normalized spacial score (nSPS) is 15.3. The predicted octanol–water partition coefficient (Wildman–Crippen LogP) is 4.33. The van der Waals surface area contributed by atoms with E-state index in [4.69, 9.17) is 0 Å². The van der Waals surface area contributed by atoms with Crippen LogP contribution in [0.2, 0.25) is 0 Å². The summed E-state index contributed by atoms with van der Waals surface area (Å²) >= 11 is 0. The van der Waals surface area contributed by atoms with Crippen molar-refractivity contribution in [2.24, 2.45) is 10.9 Å². The average Bonchev–Trinajstić information content (AvgIpc) is 2.35. The zero-order valence-electron chi connectivity index (χ0n) is 11.1. The first kappa shape index (κ1) is 15.3. The van der Waals surface area contributed by atoms with Crippen molar-refractivity contribution in [1.29, 1.82) is 0 Å². The fourth-order valence-electron chi connectivity index (χ4n) is 1.43. The second kappa shape index (κ2) is 9.56. The van der Waals surface area contributed by atoms with Crippen molar-refractivity contribution in [2.45, 2.75) is 34.1 Å². The van der Waals surface area contributed by atoms with Crippen LogP contribution in [0.25, 0.3) is 0 Å². The van der Waals surface area contributed by atoms with E-state index in [1.165, 1.54) is 5.57 Å². The van der Waals surface area contributed by atoms with Gasteiger partial charge in [-0.3, -0.25) is 0 Å². The van der Waals surface area contributed by atoms with Crippen molar-refractivity contribution in [3.05, 3.63) is 47.7 Å². The highest BCUT2D eigenvalue weighted by atomic mass is 16.1. The number of hydrogen-bond donors (Lipinski definition) is 0. The molecule has 0 saturated heterocycles. The summed E-state index contributed by atoms with van der Waals surface area (Å²) in [6.07, 6.45) is 14.4. The Morgan fingerprint density at radius 3 is 2.59 bits per heavy atom. The van der Waals surface area contributed by atoms with E-state index in [1.807, 2.05) is 32.1 Å². The number of rotatable bonds is 6. The van der Waals surface area contributed by atoms with Gasteiger partial charge in [0.25, 0.3) is 0 Å². The fraction of sp³-hybridized carbons (Fsp3) is 0.400. The van der Waals surface area contributed by atoms with Crippen LogP contribution in [-0.4, -0.2) is 6.08 Å². The molecule has 2 heteroatoms. The molecule has 0 heterocycles. The summed E-state index contributed by atoms with van der Waals surface area (Å²) in [7, 11) is 0. The number of isocyanates is 1. The largest absolute Gasteiger partial charge is 0.240 e. The van der Waals surface area contributed by atoms with E-state index in [0.29, 0.717) is 11.6 Å². The Morgan fingerprint density at radius 2 is 2.12 bits per heavy atom. The highest BCUT2D eigenvalue weighted by Crippen LogP contribution is 2.17. The summed E-state index contributed by atoms with van der Waals surface area (Å²) in [6, 6.07) is 0. The lowest BCUT2D eigenvalue weighted by molar-refractivity contribution is 0.565. The van der Waals surface area contributed by atoms with Crippen LogP contribution < -0.4 is 0 Å². The Bertz CT molecular complexity index is 380. The lowest BCUT2D eigenvalue weighted by Gasteiger charge is -2.09. The number of hydrogen-bond acceptors (Lipinski definition) is 2. The molecule has 0 aliphatic rings. The standard InChI is InChI=1S/C15H21NO/c1-5-8-9-14(6-2)13(4)10-11-15(7-3)16-12-17/h5,7-11,13H,6H2,1-4H3/b8-5-,11-10-,14-9+,15-7+/t13-/m0/s1. The van der Waals surface area contributed by atoms with Crippen LogP contribution >= 0.6 is 0 Å². The molecule has 0 spiro atoms. The topological polar surface area (TPSA) is 29.4 Å². The van der Waals surface area contributed by atoms with Crippen molar-refractivity contribution >= 4 is 6.08 Å². The van der Waals surface area contributed by atoms with Gasteiger partial charge in [0.05, 0.1) is 5.70 Å². The summed E-state index contributed by atoms with van der Waals surface area (Å²) in [5.74, 6) is 0.341. The van der Waals surface area contributed by atoms with Crippen LogP contribution in [0.1, 0.15) is 34.1 Å². The Balaban J connectivity index is 4.76. The van der Waals surface area contributed by atoms with Crippen LogP contribution in [0.5, 0.6) is 0 Å². The second-order valence-corrected chi connectivity index (χ2v) is 3.69. The first-order valence-electron chi connectivity index (χ1n) is 5.93. The Morgan fingerprint density at radius 1 is 1.41 bits per heavy atom. The summed E-state index contributed by atoms with van der Waals surface area (Å²) in [4.78, 5) is 13.8. The number of carbonyl (C=O) groups excluding carboxylic acids is 1. The van der Waals surface area contributed by atoms with Crippen LogP contribution in [-0.2, 0) is 4.79 Å². The Hall–Kier alpha value is -1.66. The van der Waals surface area contributed by atoms with Gasteiger partial charge in [0.2, 0.25) is 6.08 Å². The van der Waals surface area contributed by atoms with Gasteiger partial charge < -0.3 is 0 Å². The highest BCUT2D eigenvalue weighted by Gasteiger charge is 2.01.